The predicted octanol–water partition coefficient (Wildman–Crippen LogP) is 3.30. The highest BCUT2D eigenvalue weighted by atomic mass is 16.5. The van der Waals surface area contributed by atoms with Gasteiger partial charge in [-0.2, -0.15) is 0 Å². The van der Waals surface area contributed by atoms with Crippen LogP contribution in [0.4, 0.5) is 0 Å². The van der Waals surface area contributed by atoms with E-state index in [0.717, 1.165) is 12.8 Å². The minimum atomic E-state index is -0.567. The number of ether oxygens (including phenoxy) is 1. The van der Waals surface area contributed by atoms with Crippen LogP contribution in [-0.4, -0.2) is 30.3 Å². The first kappa shape index (κ1) is 19.7. The van der Waals surface area contributed by atoms with Crippen molar-refractivity contribution < 1.29 is 19.1 Å². The Morgan fingerprint density at radius 2 is 1.65 bits per heavy atom. The Morgan fingerprint density at radius 1 is 1.04 bits per heavy atom. The van der Waals surface area contributed by atoms with Crippen LogP contribution in [0.25, 0.3) is 0 Å². The number of unbranched alkanes of at least 4 members (excludes halogenated alkanes) is 8. The number of amides is 1. The van der Waals surface area contributed by atoms with E-state index in [0.29, 0.717) is 19.4 Å². The van der Waals surface area contributed by atoms with E-state index in [2.05, 4.69) is 12.2 Å². The third-order valence-corrected chi connectivity index (χ3v) is 4.19. The molecule has 1 aliphatic rings. The largest absolute Gasteiger partial charge is 0.464 e. The van der Waals surface area contributed by atoms with E-state index in [-0.39, 0.29) is 18.1 Å². The fraction of sp³-hybridized carbons (Fsp3) is 0.833. The molecule has 0 unspecified atom stereocenters. The Hall–Kier alpha value is -1.39. The van der Waals surface area contributed by atoms with Crippen molar-refractivity contribution in [2.24, 2.45) is 0 Å². The normalized spacial score (nSPS) is 17.1. The SMILES string of the molecule is CCCCCCCCCCCC(=O)CC(=O)N[C@H]1CCOC1=O. The molecule has 5 heteroatoms. The first-order chi connectivity index (χ1) is 11.1. The Labute approximate surface area is 139 Å². The van der Waals surface area contributed by atoms with E-state index in [9.17, 15) is 14.4 Å². The summed E-state index contributed by atoms with van der Waals surface area (Å²) in [5, 5.41) is 2.56. The average molecular weight is 325 g/mol. The fourth-order valence-corrected chi connectivity index (χ4v) is 2.77. The summed E-state index contributed by atoms with van der Waals surface area (Å²) in [7, 11) is 0. The third kappa shape index (κ3) is 9.36. The second kappa shape index (κ2) is 12.1. The Kier molecular flexibility index (Phi) is 10.3. The molecule has 23 heavy (non-hydrogen) atoms. The van der Waals surface area contributed by atoms with Crippen molar-refractivity contribution in [3.8, 4) is 0 Å². The quantitative estimate of drug-likeness (QED) is 0.320. The molecule has 1 atom stereocenters. The minimum absolute atomic E-state index is 0.0446. The summed E-state index contributed by atoms with van der Waals surface area (Å²) in [6.45, 7) is 2.56. The van der Waals surface area contributed by atoms with Crippen molar-refractivity contribution in [3.63, 3.8) is 0 Å². The molecule has 1 fully saturated rings. The van der Waals surface area contributed by atoms with Crippen molar-refractivity contribution in [2.45, 2.75) is 90.0 Å². The van der Waals surface area contributed by atoms with Gasteiger partial charge in [0.25, 0.3) is 0 Å². The van der Waals surface area contributed by atoms with Gasteiger partial charge in [0.1, 0.15) is 11.8 Å². The number of hydrogen-bond acceptors (Lipinski definition) is 4. The summed E-state index contributed by atoms with van der Waals surface area (Å²) in [5.41, 5.74) is 0. The molecular formula is C18H31NO4. The summed E-state index contributed by atoms with van der Waals surface area (Å²) < 4.78 is 4.77. The lowest BCUT2D eigenvalue weighted by molar-refractivity contribution is -0.142. The van der Waals surface area contributed by atoms with E-state index in [1.54, 1.807) is 0 Å². The molecule has 0 aromatic heterocycles. The Morgan fingerprint density at radius 3 is 2.22 bits per heavy atom. The van der Waals surface area contributed by atoms with Gasteiger partial charge < -0.3 is 10.1 Å². The van der Waals surface area contributed by atoms with Gasteiger partial charge >= 0.3 is 5.97 Å². The third-order valence-electron chi connectivity index (χ3n) is 4.19. The molecule has 1 N–H and O–H groups in total. The highest BCUT2D eigenvalue weighted by Crippen LogP contribution is 2.11. The molecule has 0 radical (unpaired) electrons. The van der Waals surface area contributed by atoms with Crippen LogP contribution in [0.2, 0.25) is 0 Å². The fourth-order valence-electron chi connectivity index (χ4n) is 2.77. The van der Waals surface area contributed by atoms with Crippen molar-refractivity contribution >= 4 is 17.7 Å². The molecule has 0 spiro atoms. The number of hydrogen-bond donors (Lipinski definition) is 1. The van der Waals surface area contributed by atoms with Gasteiger partial charge in [-0.3, -0.25) is 9.59 Å². The lowest BCUT2D eigenvalue weighted by atomic mass is 10.0. The zero-order valence-electron chi connectivity index (χ0n) is 14.4. The zero-order chi connectivity index (χ0) is 16.9. The molecule has 0 aromatic rings. The highest BCUT2D eigenvalue weighted by molar-refractivity contribution is 5.99. The second-order valence-electron chi connectivity index (χ2n) is 6.37. The molecule has 1 rings (SSSR count). The van der Waals surface area contributed by atoms with E-state index < -0.39 is 12.0 Å². The molecule has 1 amide bonds. The summed E-state index contributed by atoms with van der Waals surface area (Å²) >= 11 is 0. The van der Waals surface area contributed by atoms with Gasteiger partial charge in [-0.25, -0.2) is 4.79 Å². The first-order valence-corrected chi connectivity index (χ1v) is 9.11. The molecule has 0 bridgehead atoms. The summed E-state index contributed by atoms with van der Waals surface area (Å²) in [5.74, 6) is -0.809. The number of ketones is 1. The standard InChI is InChI=1S/C18H31NO4/c1-2-3-4-5-6-7-8-9-10-11-15(20)14-17(21)19-16-12-13-23-18(16)22/h16H,2-14H2,1H3,(H,19,21)/t16-/m0/s1. The van der Waals surface area contributed by atoms with E-state index in [1.807, 2.05) is 0 Å². The van der Waals surface area contributed by atoms with Gasteiger partial charge in [0.2, 0.25) is 5.91 Å². The Balaban J connectivity index is 1.95. The molecule has 1 aliphatic heterocycles. The average Bonchev–Trinajstić information content (AvgIpc) is 2.90. The number of Topliss-reactive ketones (excluding diaryl/α,β-unsaturated/α-hetero) is 1. The lowest BCUT2D eigenvalue weighted by Gasteiger charge is -2.08. The van der Waals surface area contributed by atoms with Crippen LogP contribution in [0.5, 0.6) is 0 Å². The van der Waals surface area contributed by atoms with Crippen LogP contribution in [-0.2, 0) is 19.1 Å². The van der Waals surface area contributed by atoms with Crippen molar-refractivity contribution in [1.82, 2.24) is 5.32 Å². The maximum absolute atomic E-state index is 11.7. The van der Waals surface area contributed by atoms with Crippen LogP contribution in [0.1, 0.15) is 84.0 Å². The number of esters is 1. The molecule has 132 valence electrons. The summed E-state index contributed by atoms with van der Waals surface area (Å²) in [6, 6.07) is -0.567. The van der Waals surface area contributed by atoms with Gasteiger partial charge in [0.05, 0.1) is 13.0 Å². The number of nitrogens with one attached hydrogen (secondary N) is 1. The van der Waals surface area contributed by atoms with Crippen LogP contribution in [0.15, 0.2) is 0 Å². The van der Waals surface area contributed by atoms with Gasteiger partial charge in [-0.05, 0) is 6.42 Å². The lowest BCUT2D eigenvalue weighted by Crippen LogP contribution is -2.38. The predicted molar refractivity (Wildman–Crippen MR) is 89.0 cm³/mol. The monoisotopic (exact) mass is 325 g/mol. The highest BCUT2D eigenvalue weighted by Gasteiger charge is 2.28. The number of cyclic esters (lactones) is 1. The first-order valence-electron chi connectivity index (χ1n) is 9.11. The van der Waals surface area contributed by atoms with Crippen LogP contribution >= 0.6 is 0 Å². The van der Waals surface area contributed by atoms with Gasteiger partial charge in [-0.15, -0.1) is 0 Å². The molecule has 0 aliphatic carbocycles. The van der Waals surface area contributed by atoms with Crippen molar-refractivity contribution in [1.29, 1.82) is 0 Å². The molecule has 1 heterocycles. The van der Waals surface area contributed by atoms with Crippen molar-refractivity contribution in [3.05, 3.63) is 0 Å². The van der Waals surface area contributed by atoms with Crippen LogP contribution in [0.3, 0.4) is 0 Å². The van der Waals surface area contributed by atoms with Crippen molar-refractivity contribution in [2.75, 3.05) is 6.61 Å². The maximum Gasteiger partial charge on any atom is 0.328 e. The van der Waals surface area contributed by atoms with Gasteiger partial charge in [-0.1, -0.05) is 58.3 Å². The maximum atomic E-state index is 11.7. The molecule has 1 saturated heterocycles. The van der Waals surface area contributed by atoms with E-state index >= 15 is 0 Å². The zero-order valence-corrected chi connectivity index (χ0v) is 14.4. The number of rotatable bonds is 13. The minimum Gasteiger partial charge on any atom is -0.464 e. The molecular weight excluding hydrogens is 294 g/mol. The summed E-state index contributed by atoms with van der Waals surface area (Å²) in [4.78, 5) is 34.6. The van der Waals surface area contributed by atoms with Crippen LogP contribution < -0.4 is 5.32 Å². The molecule has 0 aromatic carbocycles. The van der Waals surface area contributed by atoms with E-state index in [4.69, 9.17) is 4.74 Å². The van der Waals surface area contributed by atoms with E-state index in [1.165, 1.54) is 44.9 Å². The van der Waals surface area contributed by atoms with Gasteiger partial charge in [0.15, 0.2) is 0 Å². The number of carbonyl (C=O) groups excluding carboxylic acids is 3. The second-order valence-corrected chi connectivity index (χ2v) is 6.37. The number of carbonyl (C=O) groups is 3. The summed E-state index contributed by atoms with van der Waals surface area (Å²) in [6.07, 6.45) is 11.7. The topological polar surface area (TPSA) is 72.5 Å². The van der Waals surface area contributed by atoms with Gasteiger partial charge in [0, 0.05) is 12.8 Å². The molecule has 5 nitrogen and oxygen atoms in total. The molecule has 0 saturated carbocycles. The Bertz CT molecular complexity index is 381. The smallest absolute Gasteiger partial charge is 0.328 e. The van der Waals surface area contributed by atoms with Crippen LogP contribution in [0, 0.1) is 0 Å².